The summed E-state index contributed by atoms with van der Waals surface area (Å²) in [6.07, 6.45) is 5.24. The van der Waals surface area contributed by atoms with Gasteiger partial charge in [-0.25, -0.2) is 13.2 Å². The molecule has 0 fully saturated rings. The zero-order valence-electron chi connectivity index (χ0n) is 27.9. The highest BCUT2D eigenvalue weighted by atomic mass is 32.2. The molecule has 1 aromatic rings. The van der Waals surface area contributed by atoms with Crippen molar-refractivity contribution in [2.75, 3.05) is 19.7 Å². The fourth-order valence-electron chi connectivity index (χ4n) is 4.87. The predicted octanol–water partition coefficient (Wildman–Crippen LogP) is 7.26. The van der Waals surface area contributed by atoms with Gasteiger partial charge in [-0.1, -0.05) is 25.1 Å². The second-order valence-electron chi connectivity index (χ2n) is 13.2. The molecule has 0 bridgehead atoms. The molecule has 42 heavy (non-hydrogen) atoms. The first-order chi connectivity index (χ1) is 19.1. The average Bonchev–Trinajstić information content (AvgIpc) is 2.80. The van der Waals surface area contributed by atoms with Gasteiger partial charge in [0.15, 0.2) is 21.5 Å². The summed E-state index contributed by atoms with van der Waals surface area (Å²) in [7, 11) is -12.8. The lowest BCUT2D eigenvalue weighted by molar-refractivity contribution is -0.138. The quantitative estimate of drug-likeness (QED) is 0.0696. The molecule has 13 heteroatoms. The third-order valence-electron chi connectivity index (χ3n) is 6.00. The smallest absolute Gasteiger partial charge is 0.350 e. The van der Waals surface area contributed by atoms with Crippen LogP contribution < -0.4 is 0 Å². The van der Waals surface area contributed by atoms with Crippen molar-refractivity contribution in [3.05, 3.63) is 53.6 Å². The fourth-order valence-corrected chi connectivity index (χ4v) is 24.6. The van der Waals surface area contributed by atoms with E-state index < -0.39 is 49.6 Å². The Labute approximate surface area is 260 Å². The number of hydrogen-bond donors (Lipinski definition) is 0. The first-order valence-corrected chi connectivity index (χ1v) is 28.5. The van der Waals surface area contributed by atoms with Crippen molar-refractivity contribution >= 4 is 49.6 Å². The van der Waals surface area contributed by atoms with Crippen molar-refractivity contribution in [1.29, 1.82) is 0 Å². The van der Waals surface area contributed by atoms with E-state index in [2.05, 4.69) is 65.8 Å². The van der Waals surface area contributed by atoms with E-state index in [-0.39, 0.29) is 22.3 Å². The first-order valence-electron chi connectivity index (χ1n) is 14.8. The van der Waals surface area contributed by atoms with Gasteiger partial charge in [-0.2, -0.15) is 0 Å². The SMILES string of the molecule is CCN(/C=C/C=C(\C(=O)OCCC(C)C[Si](C)(O[Si](C)(C)C)O[Si](C)(C)O[Si](C)(C)C)S(=O)(=O)c1ccccc1)CC. The molecule has 0 spiro atoms. The lowest BCUT2D eigenvalue weighted by Gasteiger charge is -2.42. The topological polar surface area (TPSA) is 91.4 Å². The Morgan fingerprint density at radius 3 is 1.93 bits per heavy atom. The molecule has 0 saturated heterocycles. The minimum atomic E-state index is -4.06. The maximum Gasteiger partial charge on any atom is 0.350 e. The third kappa shape index (κ3) is 14.4. The summed E-state index contributed by atoms with van der Waals surface area (Å²) >= 11 is 0. The average molecular weight is 674 g/mol. The number of carbonyl (C=O) groups is 1. The summed E-state index contributed by atoms with van der Waals surface area (Å²) in [5, 5.41) is 0. The Hall–Kier alpha value is -1.33. The molecule has 1 rings (SSSR count). The van der Waals surface area contributed by atoms with Gasteiger partial charge < -0.3 is 22.0 Å². The Bertz CT molecular complexity index is 1160. The van der Waals surface area contributed by atoms with Crippen molar-refractivity contribution in [2.24, 2.45) is 5.92 Å². The molecule has 0 amide bonds. The molecule has 0 heterocycles. The van der Waals surface area contributed by atoms with Crippen LogP contribution in [0.3, 0.4) is 0 Å². The number of ether oxygens (including phenoxy) is 1. The molecule has 2 atom stereocenters. The molecule has 0 aliphatic heterocycles. The van der Waals surface area contributed by atoms with Crippen LogP contribution in [0, 0.1) is 5.92 Å². The van der Waals surface area contributed by atoms with Crippen LogP contribution >= 0.6 is 0 Å². The van der Waals surface area contributed by atoms with Gasteiger partial charge in [0.2, 0.25) is 9.84 Å². The van der Waals surface area contributed by atoms with E-state index in [1.807, 2.05) is 18.7 Å². The Balaban J connectivity index is 3.08. The van der Waals surface area contributed by atoms with E-state index in [0.29, 0.717) is 6.42 Å². The summed E-state index contributed by atoms with van der Waals surface area (Å²) < 4.78 is 52.3. The Morgan fingerprint density at radius 1 is 0.881 bits per heavy atom. The van der Waals surface area contributed by atoms with Crippen LogP contribution in [0.4, 0.5) is 0 Å². The van der Waals surface area contributed by atoms with Gasteiger partial charge in [-0.3, -0.25) is 0 Å². The highest BCUT2D eigenvalue weighted by molar-refractivity contribution is 7.96. The second kappa shape index (κ2) is 16.1. The number of rotatable bonds is 18. The molecule has 0 radical (unpaired) electrons. The molecule has 0 aliphatic rings. The van der Waals surface area contributed by atoms with Crippen molar-refractivity contribution < 1.29 is 30.3 Å². The van der Waals surface area contributed by atoms with Crippen LogP contribution in [0.1, 0.15) is 27.2 Å². The van der Waals surface area contributed by atoms with Gasteiger partial charge >= 0.3 is 23.1 Å². The number of nitrogens with zero attached hydrogens (tertiary/aromatic N) is 1. The van der Waals surface area contributed by atoms with Crippen LogP contribution in [0.2, 0.25) is 65.0 Å². The summed E-state index contributed by atoms with van der Waals surface area (Å²) in [5.41, 5.74) is 0. The molecule has 0 aliphatic carbocycles. The monoisotopic (exact) mass is 673 g/mol. The van der Waals surface area contributed by atoms with Gasteiger partial charge in [-0.05, 0) is 122 Å². The molecule has 1 aromatic carbocycles. The zero-order chi connectivity index (χ0) is 32.4. The normalized spacial score (nSPS) is 15.9. The van der Waals surface area contributed by atoms with E-state index in [4.69, 9.17) is 17.1 Å². The molecule has 0 N–H and O–H groups in total. The first kappa shape index (κ1) is 38.7. The number of hydrogen-bond acceptors (Lipinski definition) is 8. The van der Waals surface area contributed by atoms with Crippen LogP contribution in [0.5, 0.6) is 0 Å². The van der Waals surface area contributed by atoms with E-state index in [1.54, 1.807) is 30.5 Å². The van der Waals surface area contributed by atoms with Crippen molar-refractivity contribution in [3.8, 4) is 0 Å². The standard InChI is InChI=1S/C29H55NO7SSi4/c1-13-30(14-2)23-18-21-28(38(32,33)27-19-16-15-17-20-27)29(31)34-24-22-26(3)25-42(12,36-40(7,8)9)37-41(10,11)35-39(4,5)6/h15-21,23,26H,13-14,22,24-25H2,1-12H3/b23-18+,28-21+. The van der Waals surface area contributed by atoms with Crippen molar-refractivity contribution in [1.82, 2.24) is 4.90 Å². The Kier molecular flexibility index (Phi) is 14.8. The van der Waals surface area contributed by atoms with Crippen LogP contribution in [-0.2, 0) is 31.7 Å². The van der Waals surface area contributed by atoms with Gasteiger partial charge in [-0.15, -0.1) is 0 Å². The van der Waals surface area contributed by atoms with E-state index >= 15 is 0 Å². The van der Waals surface area contributed by atoms with Crippen molar-refractivity contribution in [3.63, 3.8) is 0 Å². The molecule has 0 saturated carbocycles. The second-order valence-corrected chi connectivity index (χ2v) is 31.5. The zero-order valence-corrected chi connectivity index (χ0v) is 32.8. The maximum absolute atomic E-state index is 13.4. The van der Waals surface area contributed by atoms with E-state index in [1.165, 1.54) is 18.2 Å². The minimum absolute atomic E-state index is 0.0486. The maximum atomic E-state index is 13.4. The summed E-state index contributed by atoms with van der Waals surface area (Å²) in [6.45, 7) is 27.0. The highest BCUT2D eigenvalue weighted by Gasteiger charge is 2.45. The van der Waals surface area contributed by atoms with E-state index in [0.717, 1.165) is 19.1 Å². The minimum Gasteiger partial charge on any atom is -0.462 e. The molecular formula is C29H55NO7SSi4. The number of allylic oxidation sites excluding steroid dienone is 2. The van der Waals surface area contributed by atoms with Crippen LogP contribution in [0.15, 0.2) is 58.5 Å². The fraction of sp³-hybridized carbons (Fsp3) is 0.621. The van der Waals surface area contributed by atoms with E-state index in [9.17, 15) is 13.2 Å². The number of carbonyl (C=O) groups excluding carboxylic acids is 1. The van der Waals surface area contributed by atoms with Crippen molar-refractivity contribution in [2.45, 2.75) is 97.1 Å². The van der Waals surface area contributed by atoms with Gasteiger partial charge in [0, 0.05) is 13.1 Å². The summed E-state index contributed by atoms with van der Waals surface area (Å²) in [5.74, 6) is -0.731. The lowest BCUT2D eigenvalue weighted by atomic mass is 10.1. The largest absolute Gasteiger partial charge is 0.462 e. The Morgan fingerprint density at radius 2 is 1.43 bits per heavy atom. The summed E-state index contributed by atoms with van der Waals surface area (Å²) in [6, 6.07) is 8.68. The molecule has 240 valence electrons. The lowest BCUT2D eigenvalue weighted by Crippen LogP contribution is -2.57. The number of benzene rings is 1. The molecule has 8 nitrogen and oxygen atoms in total. The third-order valence-corrected chi connectivity index (χ3v) is 21.5. The molecule has 0 aromatic heterocycles. The molecule has 2 unspecified atom stereocenters. The number of esters is 1. The summed E-state index contributed by atoms with van der Waals surface area (Å²) in [4.78, 5) is 14.9. The van der Waals surface area contributed by atoms with Crippen LogP contribution in [-0.4, -0.2) is 72.7 Å². The van der Waals surface area contributed by atoms with Gasteiger partial charge in [0.25, 0.3) is 0 Å². The van der Waals surface area contributed by atoms with Gasteiger partial charge in [0.1, 0.15) is 0 Å². The molecular weight excluding hydrogens is 619 g/mol. The van der Waals surface area contributed by atoms with Crippen LogP contribution in [0.25, 0.3) is 0 Å². The van der Waals surface area contributed by atoms with Gasteiger partial charge in [0.05, 0.1) is 11.5 Å². The predicted molar refractivity (Wildman–Crippen MR) is 182 cm³/mol. The highest BCUT2D eigenvalue weighted by Crippen LogP contribution is 2.30. The number of sulfone groups is 1.